The minimum absolute atomic E-state index is 0.387. The molecule has 3 rings (SSSR count). The van der Waals surface area contributed by atoms with Crippen LogP contribution in [0.4, 0.5) is 0 Å². The van der Waals surface area contributed by atoms with Crippen LogP contribution in [0, 0.1) is 0 Å². The maximum absolute atomic E-state index is 5.10. The summed E-state index contributed by atoms with van der Waals surface area (Å²) >= 11 is 0. The molecule has 0 bridgehead atoms. The first-order valence-corrected chi connectivity index (χ1v) is 6.05. The van der Waals surface area contributed by atoms with Crippen molar-refractivity contribution in [2.45, 2.75) is 19.8 Å². The van der Waals surface area contributed by atoms with E-state index in [0.29, 0.717) is 5.92 Å². The van der Waals surface area contributed by atoms with Gasteiger partial charge >= 0.3 is 0 Å². The molecule has 18 heavy (non-hydrogen) atoms. The van der Waals surface area contributed by atoms with E-state index in [4.69, 9.17) is 4.52 Å². The lowest BCUT2D eigenvalue weighted by atomic mass is 10.00. The fraction of sp³-hybridized carbons (Fsp3) is 0.200. The predicted octanol–water partition coefficient (Wildman–Crippen LogP) is 4.01. The van der Waals surface area contributed by atoms with Gasteiger partial charge in [-0.15, -0.1) is 0 Å². The first kappa shape index (κ1) is 11.0. The summed E-state index contributed by atoms with van der Waals surface area (Å²) in [5.41, 5.74) is 4.01. The van der Waals surface area contributed by atoms with Gasteiger partial charge < -0.3 is 4.52 Å². The van der Waals surface area contributed by atoms with E-state index < -0.39 is 0 Å². The van der Waals surface area contributed by atoms with Crippen LogP contribution in [0.25, 0.3) is 22.2 Å². The molecule has 0 aliphatic rings. The Morgan fingerprint density at radius 3 is 2.83 bits per heavy atom. The van der Waals surface area contributed by atoms with Gasteiger partial charge in [-0.3, -0.25) is 4.98 Å². The van der Waals surface area contributed by atoms with Crippen LogP contribution in [0.1, 0.15) is 25.3 Å². The van der Waals surface area contributed by atoms with Crippen molar-refractivity contribution in [1.82, 2.24) is 10.1 Å². The maximum Gasteiger partial charge on any atom is 0.127 e. The molecule has 0 N–H and O–H groups in total. The molecule has 0 unspecified atom stereocenters. The number of hydrogen-bond donors (Lipinski definition) is 0. The normalized spacial score (nSPS) is 11.3. The fourth-order valence-corrected chi connectivity index (χ4v) is 2.07. The number of para-hydroxylation sites is 1. The lowest BCUT2D eigenvalue weighted by Gasteiger charge is -2.05. The van der Waals surface area contributed by atoms with E-state index in [1.54, 1.807) is 6.26 Å². The maximum atomic E-state index is 5.10. The highest BCUT2D eigenvalue weighted by Gasteiger charge is 2.13. The van der Waals surface area contributed by atoms with E-state index in [2.05, 4.69) is 36.1 Å². The summed E-state index contributed by atoms with van der Waals surface area (Å²) in [5.74, 6) is 0.387. The Morgan fingerprint density at radius 2 is 2.00 bits per heavy atom. The van der Waals surface area contributed by atoms with Crippen LogP contribution in [-0.2, 0) is 0 Å². The van der Waals surface area contributed by atoms with Crippen molar-refractivity contribution < 1.29 is 4.52 Å². The molecule has 0 amide bonds. The summed E-state index contributed by atoms with van der Waals surface area (Å²) in [6, 6.07) is 10.2. The van der Waals surface area contributed by atoms with Crippen molar-refractivity contribution in [2.24, 2.45) is 0 Å². The largest absolute Gasteiger partial charge is 0.364 e. The fourth-order valence-electron chi connectivity index (χ4n) is 2.07. The zero-order valence-corrected chi connectivity index (χ0v) is 10.4. The van der Waals surface area contributed by atoms with E-state index in [-0.39, 0.29) is 0 Å². The van der Waals surface area contributed by atoms with Gasteiger partial charge in [-0.05, 0) is 18.1 Å². The van der Waals surface area contributed by atoms with E-state index in [1.165, 1.54) is 0 Å². The highest BCUT2D eigenvalue weighted by molar-refractivity contribution is 5.83. The molecule has 3 heteroatoms. The van der Waals surface area contributed by atoms with Crippen LogP contribution in [0.15, 0.2) is 47.3 Å². The monoisotopic (exact) mass is 238 g/mol. The molecule has 0 spiro atoms. The van der Waals surface area contributed by atoms with Crippen molar-refractivity contribution in [3.63, 3.8) is 0 Å². The standard InChI is InChI=1S/C15H14N2O/c1-10(2)13-9-18-17-15(13)12-7-11-5-3-4-6-14(11)16-8-12/h3-10H,1-2H3. The van der Waals surface area contributed by atoms with E-state index in [9.17, 15) is 0 Å². The molecule has 1 aromatic carbocycles. The van der Waals surface area contributed by atoms with Gasteiger partial charge in [0.05, 0.1) is 5.52 Å². The van der Waals surface area contributed by atoms with Crippen molar-refractivity contribution in [3.8, 4) is 11.3 Å². The van der Waals surface area contributed by atoms with Crippen LogP contribution in [0.5, 0.6) is 0 Å². The highest BCUT2D eigenvalue weighted by atomic mass is 16.5. The zero-order chi connectivity index (χ0) is 12.5. The molecule has 0 aliphatic carbocycles. The summed E-state index contributed by atoms with van der Waals surface area (Å²) in [7, 11) is 0. The number of aromatic nitrogens is 2. The minimum Gasteiger partial charge on any atom is -0.364 e. The summed E-state index contributed by atoms with van der Waals surface area (Å²) < 4.78 is 5.10. The molecule has 0 radical (unpaired) electrons. The highest BCUT2D eigenvalue weighted by Crippen LogP contribution is 2.28. The topological polar surface area (TPSA) is 38.9 Å². The molecule has 3 nitrogen and oxygen atoms in total. The average molecular weight is 238 g/mol. The van der Waals surface area contributed by atoms with Crippen LogP contribution in [0.2, 0.25) is 0 Å². The van der Waals surface area contributed by atoms with E-state index in [1.807, 2.05) is 24.4 Å². The summed E-state index contributed by atoms with van der Waals surface area (Å²) in [5, 5.41) is 5.22. The second kappa shape index (κ2) is 4.26. The number of pyridine rings is 1. The third-order valence-electron chi connectivity index (χ3n) is 3.08. The molecular formula is C15H14N2O. The van der Waals surface area contributed by atoms with Crippen LogP contribution in [-0.4, -0.2) is 10.1 Å². The molecule has 2 aromatic heterocycles. The molecular weight excluding hydrogens is 224 g/mol. The molecule has 90 valence electrons. The Kier molecular flexibility index (Phi) is 2.59. The van der Waals surface area contributed by atoms with Crippen molar-refractivity contribution in [2.75, 3.05) is 0 Å². The number of hydrogen-bond acceptors (Lipinski definition) is 3. The van der Waals surface area contributed by atoms with Gasteiger partial charge in [-0.25, -0.2) is 0 Å². The summed E-state index contributed by atoms with van der Waals surface area (Å²) in [4.78, 5) is 4.46. The van der Waals surface area contributed by atoms with Gasteiger partial charge in [0.15, 0.2) is 0 Å². The lowest BCUT2D eigenvalue weighted by Crippen LogP contribution is -1.90. The van der Waals surface area contributed by atoms with Gasteiger partial charge in [0.2, 0.25) is 0 Å². The van der Waals surface area contributed by atoms with Crippen LogP contribution >= 0.6 is 0 Å². The third kappa shape index (κ3) is 1.78. The zero-order valence-electron chi connectivity index (χ0n) is 10.4. The first-order valence-electron chi connectivity index (χ1n) is 6.05. The Balaban J connectivity index is 2.16. The smallest absolute Gasteiger partial charge is 0.127 e. The number of nitrogens with zero attached hydrogens (tertiary/aromatic N) is 2. The Bertz CT molecular complexity index is 686. The quantitative estimate of drug-likeness (QED) is 0.677. The number of fused-ring (bicyclic) bond motifs is 1. The summed E-state index contributed by atoms with van der Waals surface area (Å²) in [6.45, 7) is 4.26. The van der Waals surface area contributed by atoms with Crippen molar-refractivity contribution in [1.29, 1.82) is 0 Å². The molecule has 3 aromatic rings. The predicted molar refractivity (Wildman–Crippen MR) is 71.3 cm³/mol. The molecule has 0 aliphatic heterocycles. The SMILES string of the molecule is CC(C)c1conc1-c1cnc2ccccc2c1. The van der Waals surface area contributed by atoms with Crippen molar-refractivity contribution in [3.05, 3.63) is 48.4 Å². The minimum atomic E-state index is 0.387. The number of rotatable bonds is 2. The second-order valence-electron chi connectivity index (χ2n) is 4.69. The Labute approximate surface area is 105 Å². The Hall–Kier alpha value is -2.16. The van der Waals surface area contributed by atoms with Crippen LogP contribution in [0.3, 0.4) is 0 Å². The molecule has 0 atom stereocenters. The molecule has 2 heterocycles. The average Bonchev–Trinajstić information content (AvgIpc) is 2.87. The molecule has 0 saturated carbocycles. The van der Waals surface area contributed by atoms with Gasteiger partial charge in [0, 0.05) is 22.7 Å². The molecule has 0 fully saturated rings. The van der Waals surface area contributed by atoms with Gasteiger partial charge in [0.25, 0.3) is 0 Å². The molecule has 0 saturated heterocycles. The first-order chi connectivity index (χ1) is 8.75. The summed E-state index contributed by atoms with van der Waals surface area (Å²) in [6.07, 6.45) is 3.57. The number of benzene rings is 1. The van der Waals surface area contributed by atoms with Crippen molar-refractivity contribution >= 4 is 10.9 Å². The van der Waals surface area contributed by atoms with E-state index >= 15 is 0 Å². The Morgan fingerprint density at radius 1 is 1.17 bits per heavy atom. The van der Waals surface area contributed by atoms with Crippen LogP contribution < -0.4 is 0 Å². The van der Waals surface area contributed by atoms with E-state index in [0.717, 1.165) is 27.7 Å². The second-order valence-corrected chi connectivity index (χ2v) is 4.69. The van der Waals surface area contributed by atoms with Gasteiger partial charge in [-0.2, -0.15) is 0 Å². The third-order valence-corrected chi connectivity index (χ3v) is 3.08. The lowest BCUT2D eigenvalue weighted by molar-refractivity contribution is 0.421. The van der Waals surface area contributed by atoms with Gasteiger partial charge in [-0.1, -0.05) is 37.2 Å². The van der Waals surface area contributed by atoms with Gasteiger partial charge in [0.1, 0.15) is 12.0 Å².